The molecule has 18 heavy (non-hydrogen) atoms. The fourth-order valence-electron chi connectivity index (χ4n) is 1.87. The minimum atomic E-state index is 1.03. The summed E-state index contributed by atoms with van der Waals surface area (Å²) in [6.07, 6.45) is 3.65. The summed E-state index contributed by atoms with van der Waals surface area (Å²) in [6, 6.07) is 18.2. The van der Waals surface area contributed by atoms with Crippen molar-refractivity contribution in [2.24, 2.45) is 0 Å². The van der Waals surface area contributed by atoms with Crippen molar-refractivity contribution in [1.29, 1.82) is 0 Å². The van der Waals surface area contributed by atoms with Gasteiger partial charge in [0.15, 0.2) is 0 Å². The van der Waals surface area contributed by atoms with Crippen LogP contribution < -0.4 is 0 Å². The molecule has 0 fully saturated rings. The van der Waals surface area contributed by atoms with Crippen LogP contribution in [0.25, 0.3) is 21.9 Å². The van der Waals surface area contributed by atoms with Crippen LogP contribution in [-0.2, 0) is 0 Å². The molecule has 2 heterocycles. The number of H-pyrrole nitrogens is 2. The van der Waals surface area contributed by atoms with E-state index in [1.54, 1.807) is 6.33 Å². The molecule has 0 radical (unpaired) electrons. The van der Waals surface area contributed by atoms with Gasteiger partial charge >= 0.3 is 0 Å². The van der Waals surface area contributed by atoms with Crippen LogP contribution in [0.4, 0.5) is 0 Å². The fourth-order valence-corrected chi connectivity index (χ4v) is 1.87. The third-order valence-electron chi connectivity index (χ3n) is 2.79. The van der Waals surface area contributed by atoms with E-state index in [2.05, 4.69) is 33.2 Å². The van der Waals surface area contributed by atoms with E-state index >= 15 is 0 Å². The Balaban J connectivity index is 0.000000111. The molecule has 0 atom stereocenters. The molecule has 0 aliphatic rings. The summed E-state index contributed by atoms with van der Waals surface area (Å²) in [7, 11) is 0. The number of benzene rings is 2. The number of aromatic nitrogens is 3. The Labute approximate surface area is 104 Å². The normalized spacial score (nSPS) is 10.2. The van der Waals surface area contributed by atoms with Gasteiger partial charge in [-0.2, -0.15) is 0 Å². The van der Waals surface area contributed by atoms with Crippen molar-refractivity contribution in [1.82, 2.24) is 15.0 Å². The van der Waals surface area contributed by atoms with Crippen LogP contribution in [0, 0.1) is 0 Å². The summed E-state index contributed by atoms with van der Waals surface area (Å²) in [5, 5.41) is 1.28. The predicted octanol–water partition coefficient (Wildman–Crippen LogP) is 3.73. The number of imidazole rings is 1. The molecule has 0 saturated heterocycles. The maximum absolute atomic E-state index is 4.06. The number of hydrogen-bond donors (Lipinski definition) is 2. The number of hydrogen-bond acceptors (Lipinski definition) is 1. The first kappa shape index (κ1) is 10.6. The van der Waals surface area contributed by atoms with Crippen molar-refractivity contribution < 1.29 is 0 Å². The Morgan fingerprint density at radius 1 is 0.722 bits per heavy atom. The van der Waals surface area contributed by atoms with E-state index in [0.29, 0.717) is 0 Å². The maximum atomic E-state index is 4.06. The second-order valence-corrected chi connectivity index (χ2v) is 3.98. The van der Waals surface area contributed by atoms with Gasteiger partial charge in [-0.05, 0) is 29.7 Å². The molecule has 0 spiro atoms. The lowest BCUT2D eigenvalue weighted by atomic mass is 10.3. The van der Waals surface area contributed by atoms with Crippen LogP contribution in [0.5, 0.6) is 0 Å². The maximum Gasteiger partial charge on any atom is 0.0931 e. The molecule has 4 aromatic rings. The van der Waals surface area contributed by atoms with Crippen LogP contribution in [-0.4, -0.2) is 15.0 Å². The topological polar surface area (TPSA) is 44.5 Å². The van der Waals surface area contributed by atoms with E-state index in [1.165, 1.54) is 10.9 Å². The third kappa shape index (κ3) is 2.11. The number of fused-ring (bicyclic) bond motifs is 2. The van der Waals surface area contributed by atoms with Crippen LogP contribution in [0.2, 0.25) is 0 Å². The molecular weight excluding hydrogens is 222 g/mol. The highest BCUT2D eigenvalue weighted by atomic mass is 14.9. The molecule has 2 N–H and O–H groups in total. The number of para-hydroxylation sites is 3. The smallest absolute Gasteiger partial charge is 0.0931 e. The van der Waals surface area contributed by atoms with Crippen LogP contribution >= 0.6 is 0 Å². The summed E-state index contributed by atoms with van der Waals surface area (Å²) in [6.45, 7) is 0. The lowest BCUT2D eigenvalue weighted by Gasteiger charge is -1.83. The van der Waals surface area contributed by atoms with Crippen LogP contribution in [0.3, 0.4) is 0 Å². The largest absolute Gasteiger partial charge is 0.361 e. The lowest BCUT2D eigenvalue weighted by molar-refractivity contribution is 1.34. The zero-order valence-electron chi connectivity index (χ0n) is 9.80. The number of aromatic amines is 2. The minimum Gasteiger partial charge on any atom is -0.361 e. The highest BCUT2D eigenvalue weighted by Gasteiger charge is 1.88. The second kappa shape index (κ2) is 4.75. The monoisotopic (exact) mass is 235 g/mol. The molecule has 2 aromatic heterocycles. The number of rotatable bonds is 0. The summed E-state index contributed by atoms with van der Waals surface area (Å²) in [4.78, 5) is 10.2. The first-order chi connectivity index (χ1) is 8.93. The van der Waals surface area contributed by atoms with Gasteiger partial charge in [0.1, 0.15) is 0 Å². The number of nitrogens with one attached hydrogen (secondary N) is 2. The standard InChI is InChI=1S/C8H7N.C7H6N2/c1-2-4-8-7(3-1)5-6-9-8;1-2-4-7-6(3-1)8-5-9-7/h1-6,9H;1-5H,(H,8,9). The summed E-state index contributed by atoms with van der Waals surface area (Å²) in [5.74, 6) is 0. The van der Waals surface area contributed by atoms with Crippen molar-refractivity contribution in [2.45, 2.75) is 0 Å². The number of nitrogens with zero attached hydrogens (tertiary/aromatic N) is 1. The van der Waals surface area contributed by atoms with E-state index < -0.39 is 0 Å². The van der Waals surface area contributed by atoms with Crippen LogP contribution in [0.1, 0.15) is 0 Å². The minimum absolute atomic E-state index is 1.03. The second-order valence-electron chi connectivity index (χ2n) is 3.98. The fraction of sp³-hybridized carbons (Fsp3) is 0. The Hall–Kier alpha value is -2.55. The van der Waals surface area contributed by atoms with E-state index in [1.807, 2.05) is 42.6 Å². The summed E-state index contributed by atoms with van der Waals surface area (Å²) in [5.41, 5.74) is 3.33. The molecule has 88 valence electrons. The van der Waals surface area contributed by atoms with Crippen molar-refractivity contribution in [3.63, 3.8) is 0 Å². The van der Waals surface area contributed by atoms with E-state index in [9.17, 15) is 0 Å². The van der Waals surface area contributed by atoms with Gasteiger partial charge in [0.2, 0.25) is 0 Å². The van der Waals surface area contributed by atoms with Crippen molar-refractivity contribution >= 4 is 21.9 Å². The quantitative estimate of drug-likeness (QED) is 0.479. The van der Waals surface area contributed by atoms with Crippen molar-refractivity contribution in [2.75, 3.05) is 0 Å². The van der Waals surface area contributed by atoms with Gasteiger partial charge in [-0.15, -0.1) is 0 Å². The molecule has 3 heteroatoms. The zero-order valence-corrected chi connectivity index (χ0v) is 9.80. The highest BCUT2D eigenvalue weighted by molar-refractivity contribution is 5.78. The molecule has 4 rings (SSSR count). The Morgan fingerprint density at radius 3 is 2.33 bits per heavy atom. The molecule has 2 aromatic carbocycles. The van der Waals surface area contributed by atoms with E-state index in [4.69, 9.17) is 0 Å². The average molecular weight is 235 g/mol. The van der Waals surface area contributed by atoms with E-state index in [0.717, 1.165) is 11.0 Å². The van der Waals surface area contributed by atoms with Crippen molar-refractivity contribution in [3.8, 4) is 0 Å². The first-order valence-electron chi connectivity index (χ1n) is 5.84. The van der Waals surface area contributed by atoms with Gasteiger partial charge in [-0.25, -0.2) is 4.98 Å². The van der Waals surface area contributed by atoms with E-state index in [-0.39, 0.29) is 0 Å². The molecule has 0 aliphatic heterocycles. The molecule has 0 amide bonds. The SMILES string of the molecule is c1ccc2[nH]ccc2c1.c1ccc2[nH]cnc2c1. The van der Waals surface area contributed by atoms with Gasteiger partial charge < -0.3 is 9.97 Å². The molecule has 0 saturated carbocycles. The predicted molar refractivity (Wildman–Crippen MR) is 74.4 cm³/mol. The Morgan fingerprint density at radius 2 is 1.50 bits per heavy atom. The summed E-state index contributed by atoms with van der Waals surface area (Å²) < 4.78 is 0. The molecule has 0 unspecified atom stereocenters. The molecular formula is C15H13N3. The van der Waals surface area contributed by atoms with Gasteiger partial charge in [-0.1, -0.05) is 30.3 Å². The Kier molecular flexibility index (Phi) is 2.80. The van der Waals surface area contributed by atoms with Crippen molar-refractivity contribution in [3.05, 3.63) is 67.1 Å². The Bertz CT molecular complexity index is 626. The third-order valence-corrected chi connectivity index (χ3v) is 2.79. The van der Waals surface area contributed by atoms with Crippen LogP contribution in [0.15, 0.2) is 67.1 Å². The molecule has 3 nitrogen and oxygen atoms in total. The van der Waals surface area contributed by atoms with Gasteiger partial charge in [0, 0.05) is 11.7 Å². The van der Waals surface area contributed by atoms with Gasteiger partial charge in [-0.3, -0.25) is 0 Å². The molecule has 0 bridgehead atoms. The highest BCUT2D eigenvalue weighted by Crippen LogP contribution is 2.09. The summed E-state index contributed by atoms with van der Waals surface area (Å²) >= 11 is 0. The average Bonchev–Trinajstić information content (AvgIpc) is 3.08. The molecule has 0 aliphatic carbocycles. The lowest BCUT2D eigenvalue weighted by Crippen LogP contribution is -1.63. The van der Waals surface area contributed by atoms with Gasteiger partial charge in [0.25, 0.3) is 0 Å². The first-order valence-corrected chi connectivity index (χ1v) is 5.84. The zero-order chi connectivity index (χ0) is 12.2. The van der Waals surface area contributed by atoms with Gasteiger partial charge in [0.05, 0.1) is 17.4 Å².